The topological polar surface area (TPSA) is 77.2 Å². The first-order valence-corrected chi connectivity index (χ1v) is 8.27. The molecular weight excluding hydrogens is 282 g/mol. The molecule has 102 valence electrons. The zero-order chi connectivity index (χ0) is 14.2. The Morgan fingerprint density at radius 2 is 2.05 bits per heavy atom. The Kier molecular flexibility index (Phi) is 3.64. The second-order valence-corrected chi connectivity index (χ2v) is 8.07. The molecule has 2 aromatic rings. The number of amides is 1. The van der Waals surface area contributed by atoms with Crippen molar-refractivity contribution in [3.05, 3.63) is 29.1 Å². The Labute approximate surface area is 116 Å². The van der Waals surface area contributed by atoms with Crippen molar-refractivity contribution in [2.24, 2.45) is 5.73 Å². The summed E-state index contributed by atoms with van der Waals surface area (Å²) in [6.07, 6.45) is 0.130. The molecule has 0 saturated carbocycles. The molecule has 0 saturated heterocycles. The van der Waals surface area contributed by atoms with Crippen LogP contribution in [0.2, 0.25) is 0 Å². The highest BCUT2D eigenvalue weighted by molar-refractivity contribution is 7.92. The number of carbonyl (C=O) groups excluding carboxylic acids is 1. The molecule has 0 spiro atoms. The number of hydrogen-bond acceptors (Lipinski definition) is 4. The van der Waals surface area contributed by atoms with Crippen LogP contribution in [0.15, 0.2) is 28.5 Å². The minimum Gasteiger partial charge on any atom is -0.369 e. The van der Waals surface area contributed by atoms with E-state index in [1.54, 1.807) is 32.0 Å². The summed E-state index contributed by atoms with van der Waals surface area (Å²) >= 11 is 1.48. The first kappa shape index (κ1) is 14.0. The molecule has 1 aromatic carbocycles. The standard InChI is InChI=1S/C13H15NO3S2/c1-8(2)19(16,17)10-3-4-12-11(6-10)9(7-18-12)5-13(14)15/h3-4,6-8H,5H2,1-2H3,(H2,14,15). The molecule has 19 heavy (non-hydrogen) atoms. The van der Waals surface area contributed by atoms with E-state index >= 15 is 0 Å². The average molecular weight is 297 g/mol. The molecule has 6 heteroatoms. The van der Waals surface area contributed by atoms with Gasteiger partial charge in [0.25, 0.3) is 0 Å². The van der Waals surface area contributed by atoms with E-state index in [0.717, 1.165) is 15.6 Å². The molecule has 2 N–H and O–H groups in total. The van der Waals surface area contributed by atoms with Gasteiger partial charge < -0.3 is 5.73 Å². The Morgan fingerprint density at radius 3 is 2.63 bits per heavy atom. The maximum absolute atomic E-state index is 12.1. The molecule has 0 fully saturated rings. The highest BCUT2D eigenvalue weighted by atomic mass is 32.2. The molecule has 0 unspecified atom stereocenters. The first-order valence-electron chi connectivity index (χ1n) is 5.84. The maximum Gasteiger partial charge on any atom is 0.221 e. The highest BCUT2D eigenvalue weighted by Gasteiger charge is 2.20. The summed E-state index contributed by atoms with van der Waals surface area (Å²) in [4.78, 5) is 11.3. The smallest absolute Gasteiger partial charge is 0.221 e. The van der Waals surface area contributed by atoms with Gasteiger partial charge in [-0.2, -0.15) is 0 Å². The van der Waals surface area contributed by atoms with Gasteiger partial charge in [0.2, 0.25) is 5.91 Å². The lowest BCUT2D eigenvalue weighted by Crippen LogP contribution is -2.14. The van der Waals surface area contributed by atoms with Crippen LogP contribution in [-0.4, -0.2) is 19.6 Å². The maximum atomic E-state index is 12.1. The molecule has 0 aliphatic heterocycles. The third-order valence-electron chi connectivity index (χ3n) is 2.94. The number of primary amides is 1. The van der Waals surface area contributed by atoms with Gasteiger partial charge in [-0.3, -0.25) is 4.79 Å². The summed E-state index contributed by atoms with van der Waals surface area (Å²) in [7, 11) is -3.30. The van der Waals surface area contributed by atoms with Crippen LogP contribution in [0.4, 0.5) is 0 Å². The van der Waals surface area contributed by atoms with E-state index in [4.69, 9.17) is 5.73 Å². The van der Waals surface area contributed by atoms with Gasteiger partial charge in [-0.1, -0.05) is 0 Å². The van der Waals surface area contributed by atoms with Crippen LogP contribution < -0.4 is 5.73 Å². The fourth-order valence-corrected chi connectivity index (χ4v) is 3.86. The number of fused-ring (bicyclic) bond motifs is 1. The fraction of sp³-hybridized carbons (Fsp3) is 0.308. The second-order valence-electron chi connectivity index (χ2n) is 4.66. The summed E-state index contributed by atoms with van der Waals surface area (Å²) in [5.41, 5.74) is 5.98. The number of thiophene rings is 1. The summed E-state index contributed by atoms with van der Waals surface area (Å²) < 4.78 is 25.2. The number of nitrogens with two attached hydrogens (primary N) is 1. The van der Waals surface area contributed by atoms with Crippen molar-refractivity contribution in [3.63, 3.8) is 0 Å². The molecule has 1 aromatic heterocycles. The molecule has 1 heterocycles. The van der Waals surface area contributed by atoms with Crippen molar-refractivity contribution in [1.82, 2.24) is 0 Å². The van der Waals surface area contributed by atoms with Gasteiger partial charge in [-0.25, -0.2) is 8.42 Å². The molecule has 0 radical (unpaired) electrons. The minimum atomic E-state index is -3.30. The lowest BCUT2D eigenvalue weighted by molar-refractivity contribution is -0.117. The molecule has 4 nitrogen and oxygen atoms in total. The Hall–Kier alpha value is -1.40. The summed E-state index contributed by atoms with van der Waals surface area (Å²) in [5, 5.41) is 2.18. The monoisotopic (exact) mass is 297 g/mol. The highest BCUT2D eigenvalue weighted by Crippen LogP contribution is 2.29. The molecule has 0 bridgehead atoms. The lowest BCUT2D eigenvalue weighted by atomic mass is 10.1. The van der Waals surface area contributed by atoms with E-state index in [1.165, 1.54) is 11.3 Å². The van der Waals surface area contributed by atoms with Gasteiger partial charge in [0.15, 0.2) is 9.84 Å². The molecular formula is C13H15NO3S2. The van der Waals surface area contributed by atoms with Gasteiger partial charge >= 0.3 is 0 Å². The molecule has 1 amide bonds. The second kappa shape index (κ2) is 4.94. The molecule has 0 aliphatic rings. The van der Waals surface area contributed by atoms with Crippen LogP contribution in [0.1, 0.15) is 19.4 Å². The van der Waals surface area contributed by atoms with Crippen molar-refractivity contribution in [2.75, 3.05) is 0 Å². The largest absolute Gasteiger partial charge is 0.369 e. The van der Waals surface area contributed by atoms with E-state index in [1.807, 2.05) is 5.38 Å². The van der Waals surface area contributed by atoms with Crippen molar-refractivity contribution in [1.29, 1.82) is 0 Å². The van der Waals surface area contributed by atoms with Crippen molar-refractivity contribution in [3.8, 4) is 0 Å². The Morgan fingerprint density at radius 1 is 1.37 bits per heavy atom. The van der Waals surface area contributed by atoms with E-state index in [9.17, 15) is 13.2 Å². The van der Waals surface area contributed by atoms with Gasteiger partial charge in [-0.15, -0.1) is 11.3 Å². The van der Waals surface area contributed by atoms with Crippen LogP contribution in [0.3, 0.4) is 0 Å². The van der Waals surface area contributed by atoms with E-state index in [2.05, 4.69) is 0 Å². The average Bonchev–Trinajstić information content (AvgIpc) is 2.71. The van der Waals surface area contributed by atoms with E-state index in [0.29, 0.717) is 4.90 Å². The zero-order valence-corrected chi connectivity index (χ0v) is 12.3. The van der Waals surface area contributed by atoms with Crippen LogP contribution in [0, 0.1) is 0 Å². The minimum absolute atomic E-state index is 0.130. The van der Waals surface area contributed by atoms with Crippen molar-refractivity contribution >= 4 is 37.2 Å². The quantitative estimate of drug-likeness (QED) is 0.939. The molecule has 0 aliphatic carbocycles. The Balaban J connectivity index is 2.59. The van der Waals surface area contributed by atoms with Gasteiger partial charge in [0, 0.05) is 4.70 Å². The van der Waals surface area contributed by atoms with Gasteiger partial charge in [-0.05, 0) is 48.4 Å². The third kappa shape index (κ3) is 2.64. The normalized spacial score (nSPS) is 12.2. The summed E-state index contributed by atoms with van der Waals surface area (Å²) in [6, 6.07) is 5.03. The number of hydrogen-bond donors (Lipinski definition) is 1. The Bertz CT molecular complexity index is 729. The number of sulfone groups is 1. The van der Waals surface area contributed by atoms with Gasteiger partial charge in [0.05, 0.1) is 16.6 Å². The van der Waals surface area contributed by atoms with Gasteiger partial charge in [0.1, 0.15) is 0 Å². The molecule has 0 atom stereocenters. The fourth-order valence-electron chi connectivity index (χ4n) is 1.83. The molecule has 2 rings (SSSR count). The van der Waals surface area contributed by atoms with Crippen LogP contribution in [0.25, 0.3) is 10.1 Å². The van der Waals surface area contributed by atoms with Crippen molar-refractivity contribution < 1.29 is 13.2 Å². The lowest BCUT2D eigenvalue weighted by Gasteiger charge is -2.08. The zero-order valence-electron chi connectivity index (χ0n) is 10.7. The summed E-state index contributed by atoms with van der Waals surface area (Å²) in [5.74, 6) is -0.420. The van der Waals surface area contributed by atoms with E-state index < -0.39 is 21.0 Å². The van der Waals surface area contributed by atoms with Crippen molar-refractivity contribution in [2.45, 2.75) is 30.4 Å². The predicted octanol–water partition coefficient (Wildman–Crippen LogP) is 2.11. The third-order valence-corrected chi connectivity index (χ3v) is 6.10. The summed E-state index contributed by atoms with van der Waals surface area (Å²) in [6.45, 7) is 3.30. The van der Waals surface area contributed by atoms with Crippen LogP contribution >= 0.6 is 11.3 Å². The predicted molar refractivity (Wildman–Crippen MR) is 77.0 cm³/mol. The number of benzene rings is 1. The first-order chi connectivity index (χ1) is 8.82. The SMILES string of the molecule is CC(C)S(=O)(=O)c1ccc2scc(CC(N)=O)c2c1. The van der Waals surface area contributed by atoms with E-state index in [-0.39, 0.29) is 6.42 Å². The van der Waals surface area contributed by atoms with Crippen LogP contribution in [0.5, 0.6) is 0 Å². The van der Waals surface area contributed by atoms with Crippen LogP contribution in [-0.2, 0) is 21.1 Å². The number of rotatable bonds is 4. The number of carbonyl (C=O) groups is 1.